The minimum Gasteiger partial charge on any atom is -0.198 e. The zero-order valence-corrected chi connectivity index (χ0v) is 55.1. The van der Waals surface area contributed by atoms with Gasteiger partial charge in [0.1, 0.15) is 0 Å². The lowest BCUT2D eigenvalue weighted by Gasteiger charge is -2.42. The summed E-state index contributed by atoms with van der Waals surface area (Å²) in [5.74, 6) is 8.57. The third kappa shape index (κ3) is 14.8. The average Bonchev–Trinajstić information content (AvgIpc) is 4.25. The van der Waals surface area contributed by atoms with Gasteiger partial charge in [0.05, 0.1) is 63.0 Å². The van der Waals surface area contributed by atoms with Crippen LogP contribution in [-0.2, 0) is 11.5 Å². The molecule has 0 aromatic heterocycles. The van der Waals surface area contributed by atoms with Gasteiger partial charge >= 0.3 is 0 Å². The fourth-order valence-electron chi connectivity index (χ4n) is 8.61. The molecule has 18 heteroatoms. The number of nitrogens with zero attached hydrogens (tertiary/aromatic N) is 2. The molecule has 0 N–H and O–H groups in total. The molecule has 0 fully saturated rings. The van der Waals surface area contributed by atoms with E-state index in [1.807, 2.05) is 141 Å². The van der Waals surface area contributed by atoms with E-state index in [0.717, 1.165) is 23.0 Å². The summed E-state index contributed by atoms with van der Waals surface area (Å²) in [6.07, 6.45) is 11.0. The number of unbranched alkanes of at least 4 members (excludes halogenated alkanes) is 4. The van der Waals surface area contributed by atoms with Gasteiger partial charge in [-0.2, -0.15) is 10.5 Å². The maximum Gasteiger partial charge on any atom is 0.0717 e. The maximum atomic E-state index is 9.62. The molecule has 4 aliphatic heterocycles. The highest BCUT2D eigenvalue weighted by atomic mass is 32.3. The Balaban J connectivity index is 1.02. The first-order chi connectivity index (χ1) is 36.5. The van der Waals surface area contributed by atoms with Crippen LogP contribution in [0.2, 0.25) is 0 Å². The lowest BCUT2D eigenvalue weighted by Crippen LogP contribution is -2.27. The molecule has 74 heavy (non-hydrogen) atoms. The third-order valence-electron chi connectivity index (χ3n) is 12.3. The highest BCUT2D eigenvalue weighted by Gasteiger charge is 2.42. The van der Waals surface area contributed by atoms with Gasteiger partial charge in [0.25, 0.3) is 0 Å². The second kappa shape index (κ2) is 30.7. The summed E-state index contributed by atoms with van der Waals surface area (Å²) in [4.78, 5) is 0. The van der Waals surface area contributed by atoms with E-state index in [9.17, 15) is 10.5 Å². The van der Waals surface area contributed by atoms with Gasteiger partial charge in [0.2, 0.25) is 0 Å². The molecule has 2 nitrogen and oxygen atoms in total. The van der Waals surface area contributed by atoms with Crippen molar-refractivity contribution in [3.8, 4) is 12.1 Å². The second-order valence-corrected chi connectivity index (χ2v) is 37.4. The summed E-state index contributed by atoms with van der Waals surface area (Å²) in [5.41, 5.74) is 11.7. The van der Waals surface area contributed by atoms with E-state index in [4.69, 9.17) is 0 Å². The summed E-state index contributed by atoms with van der Waals surface area (Å²) in [7, 11) is 0. The maximum absolute atomic E-state index is 9.62. The smallest absolute Gasteiger partial charge is 0.0717 e. The number of hydrogen-bond acceptors (Lipinski definition) is 18. The third-order valence-corrected chi connectivity index (χ3v) is 35.9. The van der Waals surface area contributed by atoms with Gasteiger partial charge in [-0.3, -0.25) is 0 Å². The van der Waals surface area contributed by atoms with Gasteiger partial charge < -0.3 is 0 Å². The van der Waals surface area contributed by atoms with Crippen molar-refractivity contribution >= 4 is 188 Å². The highest BCUT2D eigenvalue weighted by molar-refractivity contribution is 8.46. The topological polar surface area (TPSA) is 47.6 Å². The summed E-state index contributed by atoms with van der Waals surface area (Å²) in [6.45, 7) is 9.17. The second-order valence-electron chi connectivity index (χ2n) is 17.5. The molecule has 10 rings (SSSR count). The lowest BCUT2D eigenvalue weighted by atomic mass is 9.61. The Kier molecular flexibility index (Phi) is 24.6. The van der Waals surface area contributed by atoms with Crippen molar-refractivity contribution in [3.63, 3.8) is 0 Å². The van der Waals surface area contributed by atoms with Gasteiger partial charge in [-0.05, 0) is 93.2 Å². The number of nitriles is 2. The van der Waals surface area contributed by atoms with Gasteiger partial charge in [-0.15, -0.1) is 94.1 Å². The first kappa shape index (κ1) is 59.3. The van der Waals surface area contributed by atoms with Crippen LogP contribution in [-0.4, -0.2) is 34.5 Å². The van der Waals surface area contributed by atoms with Crippen LogP contribution in [0.25, 0.3) is 0 Å². The summed E-state index contributed by atoms with van der Waals surface area (Å²) in [6, 6.07) is 28.5. The van der Waals surface area contributed by atoms with Crippen molar-refractivity contribution in [2.45, 2.75) is 115 Å². The molecule has 4 heterocycles. The van der Waals surface area contributed by atoms with Crippen LogP contribution in [0, 0.1) is 22.7 Å². The minimum absolute atomic E-state index is 0.224. The normalized spacial score (nSPS) is 18.9. The highest BCUT2D eigenvalue weighted by Crippen LogP contribution is 2.69. The molecule has 0 amide bonds. The van der Waals surface area contributed by atoms with Crippen molar-refractivity contribution < 1.29 is 0 Å². The van der Waals surface area contributed by atoms with Crippen molar-refractivity contribution in [3.05, 3.63) is 156 Å². The summed E-state index contributed by atoms with van der Waals surface area (Å²) < 4.78 is 17.2. The van der Waals surface area contributed by atoms with E-state index in [-0.39, 0.29) is 11.8 Å². The van der Waals surface area contributed by atoms with Gasteiger partial charge in [-0.1, -0.05) is 208 Å². The molecule has 7 aliphatic rings. The van der Waals surface area contributed by atoms with Crippen molar-refractivity contribution in [2.75, 3.05) is 34.5 Å². The fraction of sp³-hybridized carbons (Fsp3) is 0.429. The van der Waals surface area contributed by atoms with Crippen LogP contribution in [0.15, 0.2) is 112 Å². The Morgan fingerprint density at radius 3 is 0.878 bits per heavy atom. The predicted molar refractivity (Wildman–Crippen MR) is 362 cm³/mol. The van der Waals surface area contributed by atoms with E-state index >= 15 is 0 Å². The van der Waals surface area contributed by atoms with Gasteiger partial charge in [0, 0.05) is 47.7 Å². The Morgan fingerprint density at radius 1 is 0.365 bits per heavy atom. The Morgan fingerprint density at radius 2 is 0.622 bits per heavy atom. The molecule has 390 valence electrons. The van der Waals surface area contributed by atoms with Crippen LogP contribution in [0.5, 0.6) is 0 Å². The van der Waals surface area contributed by atoms with Crippen LogP contribution < -0.4 is 0 Å². The molecule has 0 radical (unpaired) electrons. The molecule has 3 aromatic rings. The first-order valence-electron chi connectivity index (χ1n) is 25.4. The zero-order valence-electron chi connectivity index (χ0n) is 42.1. The Hall–Kier alpha value is 0.680. The molecular weight excluding hydrogens is 1210 g/mol. The number of benzene rings is 3. The SMILES string of the molecule is CCCCSC1=C(SCCCC)SC(=C2SC(SCCC#N)=C(SCc3cc4c(cc3CSC3=C(SCCC#N)SC(=C5SC(SCCCC)=C(SCCCC)S5)S3)C3c5ccccc5C4c4ccccc43)S2)S1. The molecule has 0 saturated carbocycles. The fourth-order valence-corrected chi connectivity index (χ4v) is 33.1. The molecule has 0 saturated heterocycles. The van der Waals surface area contributed by atoms with Crippen LogP contribution >= 0.6 is 188 Å². The first-order valence-corrected chi connectivity index (χ1v) is 39.9. The monoisotopic (exact) mass is 1270 g/mol. The van der Waals surface area contributed by atoms with Crippen molar-refractivity contribution in [1.29, 1.82) is 10.5 Å². The Labute approximate surface area is 510 Å². The Bertz CT molecular complexity index is 2530. The van der Waals surface area contributed by atoms with Crippen LogP contribution in [0.4, 0.5) is 0 Å². The zero-order chi connectivity index (χ0) is 51.2. The molecule has 0 atom stereocenters. The molecular formula is C56H60N2S16. The van der Waals surface area contributed by atoms with Gasteiger partial charge in [-0.25, -0.2) is 0 Å². The average molecular weight is 1270 g/mol. The van der Waals surface area contributed by atoms with E-state index in [0.29, 0.717) is 12.8 Å². The largest absolute Gasteiger partial charge is 0.198 e. The van der Waals surface area contributed by atoms with E-state index in [2.05, 4.69) is 148 Å². The van der Waals surface area contributed by atoms with Gasteiger partial charge in [0.15, 0.2) is 0 Å². The van der Waals surface area contributed by atoms with Crippen molar-refractivity contribution in [2.24, 2.45) is 0 Å². The molecule has 0 spiro atoms. The summed E-state index contributed by atoms with van der Waals surface area (Å²) >= 11 is 32.0. The van der Waals surface area contributed by atoms with E-state index in [1.165, 1.54) is 170 Å². The summed E-state index contributed by atoms with van der Waals surface area (Å²) in [5, 5.41) is 19.2. The predicted octanol–water partition coefficient (Wildman–Crippen LogP) is 23.2. The molecule has 3 aromatic carbocycles. The number of thioether (sulfide) groups is 16. The van der Waals surface area contributed by atoms with Crippen LogP contribution in [0.1, 0.15) is 148 Å². The molecule has 2 bridgehead atoms. The van der Waals surface area contributed by atoms with Crippen molar-refractivity contribution in [1.82, 2.24) is 0 Å². The minimum atomic E-state index is 0.224. The number of hydrogen-bond donors (Lipinski definition) is 0. The van der Waals surface area contributed by atoms with Crippen LogP contribution in [0.3, 0.4) is 0 Å². The molecule has 3 aliphatic carbocycles. The quantitative estimate of drug-likeness (QED) is 0.0446. The lowest BCUT2D eigenvalue weighted by molar-refractivity contribution is 0.751. The number of rotatable bonds is 28. The molecule has 0 unspecified atom stereocenters. The van der Waals surface area contributed by atoms with E-state index in [1.54, 1.807) is 0 Å². The standard InChI is InChI=1S/C56H60N2S16/c1-5-9-25-59-45-46(60-26-10-6-2)68-53(67-45)55-71-49(63-29-17-23-57)51(73-55)65-33-35-31-41-42(44-39-21-15-13-19-37(39)43(41)38-20-14-16-22-40(38)44)32-36(35)34-66-52-50(64-30-18-24-58)72-56(74-52)54-69-47(61-27-11-7-3)48(70-54)62-28-12-8-4/h13-16,19-22,31-32,43-44H,5-12,17-18,25-30,33-34H2,1-4H3. The van der Waals surface area contributed by atoms with E-state index < -0.39 is 0 Å².